The van der Waals surface area contributed by atoms with Crippen LogP contribution in [0.25, 0.3) is 0 Å². The van der Waals surface area contributed by atoms with Crippen LogP contribution in [-0.4, -0.2) is 30.6 Å². The lowest BCUT2D eigenvalue weighted by Crippen LogP contribution is -2.39. The van der Waals surface area contributed by atoms with Gasteiger partial charge in [-0.05, 0) is 63.2 Å². The number of non-ortho nitro benzene ring substituents is 1. The summed E-state index contributed by atoms with van der Waals surface area (Å²) in [5.74, 6) is 0.652. The molecule has 0 radical (unpaired) electrons. The number of rotatable bonds is 5. The molecule has 1 aliphatic heterocycles. The van der Waals surface area contributed by atoms with Crippen LogP contribution in [0.4, 0.5) is 11.4 Å². The zero-order valence-electron chi connectivity index (χ0n) is 12.5. The average molecular weight is 289 g/mol. The van der Waals surface area contributed by atoms with E-state index in [1.807, 2.05) is 6.92 Å². The monoisotopic (exact) mass is 289 g/mol. The van der Waals surface area contributed by atoms with E-state index in [1.165, 1.54) is 25.7 Å². The van der Waals surface area contributed by atoms with Crippen molar-refractivity contribution in [2.75, 3.05) is 24.5 Å². The van der Waals surface area contributed by atoms with Gasteiger partial charge in [-0.2, -0.15) is 0 Å². The van der Waals surface area contributed by atoms with Gasteiger partial charge in [0, 0.05) is 30.4 Å². The van der Waals surface area contributed by atoms with Crippen molar-refractivity contribution in [3.63, 3.8) is 0 Å². The third kappa shape index (κ3) is 3.53. The van der Waals surface area contributed by atoms with Gasteiger partial charge in [-0.3, -0.25) is 10.1 Å². The largest absolute Gasteiger partial charge is 0.368 e. The van der Waals surface area contributed by atoms with Crippen molar-refractivity contribution in [1.82, 2.24) is 5.32 Å². The molecule has 1 saturated carbocycles. The Hall–Kier alpha value is -1.62. The van der Waals surface area contributed by atoms with Crippen LogP contribution in [-0.2, 0) is 0 Å². The van der Waals surface area contributed by atoms with E-state index in [1.54, 1.807) is 12.1 Å². The number of nitro benzene ring substituents is 1. The summed E-state index contributed by atoms with van der Waals surface area (Å²) < 4.78 is 0. The minimum absolute atomic E-state index is 0.206. The second kappa shape index (κ2) is 6.02. The number of benzene rings is 1. The van der Waals surface area contributed by atoms with Gasteiger partial charge < -0.3 is 10.2 Å². The van der Waals surface area contributed by atoms with Crippen LogP contribution in [0.2, 0.25) is 0 Å². The van der Waals surface area contributed by atoms with Crippen molar-refractivity contribution in [2.24, 2.45) is 5.92 Å². The summed E-state index contributed by atoms with van der Waals surface area (Å²) in [6.07, 6.45) is 4.91. The molecule has 1 unspecified atom stereocenters. The molecule has 0 amide bonds. The van der Waals surface area contributed by atoms with E-state index in [2.05, 4.69) is 16.3 Å². The van der Waals surface area contributed by atoms with Gasteiger partial charge in [0.2, 0.25) is 0 Å². The molecule has 3 rings (SSSR count). The zero-order valence-corrected chi connectivity index (χ0v) is 12.5. The predicted molar refractivity (Wildman–Crippen MR) is 83.8 cm³/mol. The van der Waals surface area contributed by atoms with Crippen LogP contribution >= 0.6 is 0 Å². The predicted octanol–water partition coefficient (Wildman–Crippen LogP) is 2.87. The SMILES string of the molecule is Cc1cc(N(CC2CCCNC2)C2CC2)cc([N+](=O)[O-])c1. The highest BCUT2D eigenvalue weighted by atomic mass is 16.6. The zero-order chi connectivity index (χ0) is 14.8. The lowest BCUT2D eigenvalue weighted by Gasteiger charge is -2.32. The van der Waals surface area contributed by atoms with Crippen molar-refractivity contribution in [3.05, 3.63) is 33.9 Å². The van der Waals surface area contributed by atoms with E-state index >= 15 is 0 Å². The molecule has 0 bridgehead atoms. The molecule has 1 saturated heterocycles. The Morgan fingerprint density at radius 2 is 2.14 bits per heavy atom. The molecule has 114 valence electrons. The van der Waals surface area contributed by atoms with Crippen LogP contribution in [0, 0.1) is 23.0 Å². The van der Waals surface area contributed by atoms with Gasteiger partial charge in [0.05, 0.1) is 4.92 Å². The summed E-state index contributed by atoms with van der Waals surface area (Å²) in [5.41, 5.74) is 2.19. The Balaban J connectivity index is 1.81. The minimum Gasteiger partial charge on any atom is -0.368 e. The van der Waals surface area contributed by atoms with E-state index < -0.39 is 0 Å². The van der Waals surface area contributed by atoms with Gasteiger partial charge in [0.1, 0.15) is 0 Å². The Morgan fingerprint density at radius 3 is 2.76 bits per heavy atom. The van der Waals surface area contributed by atoms with Crippen molar-refractivity contribution in [3.8, 4) is 0 Å². The number of nitrogens with one attached hydrogen (secondary N) is 1. The van der Waals surface area contributed by atoms with E-state index in [4.69, 9.17) is 0 Å². The van der Waals surface area contributed by atoms with Crippen molar-refractivity contribution < 1.29 is 4.92 Å². The van der Waals surface area contributed by atoms with Crippen LogP contribution in [0.5, 0.6) is 0 Å². The normalized spacial score (nSPS) is 22.0. The standard InChI is InChI=1S/C16H23N3O2/c1-12-7-15(9-16(8-12)19(20)21)18(14-4-5-14)11-13-3-2-6-17-10-13/h7-9,13-14,17H,2-6,10-11H2,1H3. The van der Waals surface area contributed by atoms with Crippen LogP contribution < -0.4 is 10.2 Å². The fraction of sp³-hybridized carbons (Fsp3) is 0.625. The number of nitro groups is 1. The van der Waals surface area contributed by atoms with Gasteiger partial charge in [0.25, 0.3) is 5.69 Å². The second-order valence-corrected chi connectivity index (χ2v) is 6.38. The average Bonchev–Trinajstić information content (AvgIpc) is 3.29. The highest BCUT2D eigenvalue weighted by Crippen LogP contribution is 2.35. The maximum Gasteiger partial charge on any atom is 0.271 e. The lowest BCUT2D eigenvalue weighted by molar-refractivity contribution is -0.384. The second-order valence-electron chi connectivity index (χ2n) is 6.38. The van der Waals surface area contributed by atoms with Gasteiger partial charge in [-0.25, -0.2) is 0 Å². The molecule has 0 aromatic heterocycles. The molecule has 1 aliphatic carbocycles. The third-order valence-electron chi connectivity index (χ3n) is 4.43. The number of aryl methyl sites for hydroxylation is 1. The maximum atomic E-state index is 11.1. The summed E-state index contributed by atoms with van der Waals surface area (Å²) in [4.78, 5) is 13.2. The minimum atomic E-state index is -0.288. The molecular weight excluding hydrogens is 266 g/mol. The fourth-order valence-corrected chi connectivity index (χ4v) is 3.22. The van der Waals surface area contributed by atoms with Gasteiger partial charge in [0.15, 0.2) is 0 Å². The Kier molecular flexibility index (Phi) is 4.10. The molecule has 5 heteroatoms. The molecule has 1 atom stereocenters. The topological polar surface area (TPSA) is 58.4 Å². The first-order chi connectivity index (χ1) is 10.1. The van der Waals surface area contributed by atoms with Gasteiger partial charge in [-0.15, -0.1) is 0 Å². The number of hydrogen-bond acceptors (Lipinski definition) is 4. The van der Waals surface area contributed by atoms with E-state index in [9.17, 15) is 10.1 Å². The van der Waals surface area contributed by atoms with Crippen molar-refractivity contribution in [2.45, 2.75) is 38.6 Å². The molecule has 5 nitrogen and oxygen atoms in total. The molecule has 2 aliphatic rings. The van der Waals surface area contributed by atoms with Crippen LogP contribution in [0.1, 0.15) is 31.2 Å². The fourth-order valence-electron chi connectivity index (χ4n) is 3.22. The lowest BCUT2D eigenvalue weighted by atomic mass is 9.98. The first kappa shape index (κ1) is 14.3. The molecule has 1 N–H and O–H groups in total. The van der Waals surface area contributed by atoms with E-state index in [-0.39, 0.29) is 10.6 Å². The van der Waals surface area contributed by atoms with E-state index in [0.717, 1.165) is 30.9 Å². The summed E-state index contributed by atoms with van der Waals surface area (Å²) in [6, 6.07) is 6.05. The molecule has 1 aromatic carbocycles. The molecule has 1 aromatic rings. The number of anilines is 1. The van der Waals surface area contributed by atoms with Gasteiger partial charge in [-0.1, -0.05) is 0 Å². The number of piperidine rings is 1. The number of nitrogens with zero attached hydrogens (tertiary/aromatic N) is 2. The Bertz CT molecular complexity index is 522. The Labute approximate surface area is 125 Å². The molecule has 2 fully saturated rings. The van der Waals surface area contributed by atoms with Crippen LogP contribution in [0.15, 0.2) is 18.2 Å². The summed E-state index contributed by atoms with van der Waals surface area (Å²) in [7, 11) is 0. The highest BCUT2D eigenvalue weighted by Gasteiger charge is 2.32. The first-order valence-corrected chi connectivity index (χ1v) is 7.87. The maximum absolute atomic E-state index is 11.1. The number of hydrogen-bond donors (Lipinski definition) is 1. The third-order valence-corrected chi connectivity index (χ3v) is 4.43. The summed E-state index contributed by atoms with van der Waals surface area (Å²) >= 11 is 0. The molecule has 0 spiro atoms. The van der Waals surface area contributed by atoms with E-state index in [0.29, 0.717) is 12.0 Å². The Morgan fingerprint density at radius 1 is 1.33 bits per heavy atom. The highest BCUT2D eigenvalue weighted by molar-refractivity contribution is 5.57. The smallest absolute Gasteiger partial charge is 0.271 e. The first-order valence-electron chi connectivity index (χ1n) is 7.87. The molecule has 1 heterocycles. The summed E-state index contributed by atoms with van der Waals surface area (Å²) in [6.45, 7) is 5.13. The molecular formula is C16H23N3O2. The summed E-state index contributed by atoms with van der Waals surface area (Å²) in [5, 5.41) is 14.5. The van der Waals surface area contributed by atoms with Crippen LogP contribution in [0.3, 0.4) is 0 Å². The quantitative estimate of drug-likeness (QED) is 0.669. The molecule has 21 heavy (non-hydrogen) atoms. The van der Waals surface area contributed by atoms with Gasteiger partial charge >= 0.3 is 0 Å². The van der Waals surface area contributed by atoms with Crippen molar-refractivity contribution in [1.29, 1.82) is 0 Å². The van der Waals surface area contributed by atoms with Crippen molar-refractivity contribution >= 4 is 11.4 Å².